The highest BCUT2D eigenvalue weighted by Gasteiger charge is 2.22. The molecule has 2 N–H and O–H groups in total. The summed E-state index contributed by atoms with van der Waals surface area (Å²) in [5.41, 5.74) is 4.06. The standard InChI is InChI=1S/C18H24N8/c1-4-19-15-10-13(3)23-18(24-15)26-7-5-25(6-8-26)17-16-14(20-11-21-17)9-12(2)22-16/h9-11,22H,4-8H2,1-3H3,(H,19,23,24). The molecule has 1 aliphatic rings. The number of piperazine rings is 1. The van der Waals surface area contributed by atoms with E-state index in [1.54, 1.807) is 6.33 Å². The molecule has 1 fully saturated rings. The lowest BCUT2D eigenvalue weighted by molar-refractivity contribution is 0.635. The predicted molar refractivity (Wildman–Crippen MR) is 104 cm³/mol. The molecule has 8 nitrogen and oxygen atoms in total. The molecule has 136 valence electrons. The van der Waals surface area contributed by atoms with Crippen molar-refractivity contribution in [2.75, 3.05) is 47.8 Å². The van der Waals surface area contributed by atoms with Gasteiger partial charge in [0.15, 0.2) is 5.82 Å². The van der Waals surface area contributed by atoms with Gasteiger partial charge in [0.2, 0.25) is 5.95 Å². The van der Waals surface area contributed by atoms with Gasteiger partial charge in [-0.3, -0.25) is 0 Å². The van der Waals surface area contributed by atoms with Crippen molar-refractivity contribution in [3.63, 3.8) is 0 Å². The van der Waals surface area contributed by atoms with Gasteiger partial charge in [-0.25, -0.2) is 15.0 Å². The van der Waals surface area contributed by atoms with Crippen LogP contribution in [0.4, 0.5) is 17.6 Å². The Balaban J connectivity index is 1.52. The Bertz CT molecular complexity index is 911. The summed E-state index contributed by atoms with van der Waals surface area (Å²) in [4.78, 5) is 26.1. The smallest absolute Gasteiger partial charge is 0.227 e. The van der Waals surface area contributed by atoms with Gasteiger partial charge < -0.3 is 20.1 Å². The number of rotatable bonds is 4. The van der Waals surface area contributed by atoms with E-state index in [9.17, 15) is 0 Å². The van der Waals surface area contributed by atoms with Crippen LogP contribution in [-0.4, -0.2) is 57.6 Å². The van der Waals surface area contributed by atoms with E-state index in [4.69, 9.17) is 0 Å². The van der Waals surface area contributed by atoms with Crippen LogP contribution in [0.25, 0.3) is 11.0 Å². The number of anilines is 3. The van der Waals surface area contributed by atoms with Gasteiger partial charge in [0.25, 0.3) is 0 Å². The highest BCUT2D eigenvalue weighted by atomic mass is 15.3. The van der Waals surface area contributed by atoms with Crippen LogP contribution in [0.3, 0.4) is 0 Å². The van der Waals surface area contributed by atoms with Crippen molar-refractivity contribution in [2.45, 2.75) is 20.8 Å². The maximum absolute atomic E-state index is 4.65. The number of hydrogen-bond acceptors (Lipinski definition) is 7. The summed E-state index contributed by atoms with van der Waals surface area (Å²) < 4.78 is 0. The fourth-order valence-corrected chi connectivity index (χ4v) is 3.38. The van der Waals surface area contributed by atoms with Crippen LogP contribution in [-0.2, 0) is 0 Å². The number of aryl methyl sites for hydroxylation is 2. The molecule has 0 amide bonds. The summed E-state index contributed by atoms with van der Waals surface area (Å²) in [5.74, 6) is 2.65. The normalized spacial score (nSPS) is 14.9. The average Bonchev–Trinajstić information content (AvgIpc) is 3.02. The van der Waals surface area contributed by atoms with E-state index in [-0.39, 0.29) is 0 Å². The fraction of sp³-hybridized carbons (Fsp3) is 0.444. The predicted octanol–water partition coefficient (Wildman–Crippen LogP) is 2.12. The van der Waals surface area contributed by atoms with Crippen LogP contribution < -0.4 is 15.1 Å². The molecular formula is C18H24N8. The monoisotopic (exact) mass is 352 g/mol. The van der Waals surface area contributed by atoms with Gasteiger partial charge in [0, 0.05) is 50.2 Å². The molecule has 0 saturated carbocycles. The first-order chi connectivity index (χ1) is 12.6. The SMILES string of the molecule is CCNc1cc(C)nc(N2CCN(c3ncnc4cc(C)[nH]c34)CC2)n1. The van der Waals surface area contributed by atoms with Crippen molar-refractivity contribution < 1.29 is 0 Å². The van der Waals surface area contributed by atoms with Crippen LogP contribution in [0.15, 0.2) is 18.5 Å². The lowest BCUT2D eigenvalue weighted by Gasteiger charge is -2.35. The second kappa shape index (κ2) is 6.78. The van der Waals surface area contributed by atoms with Gasteiger partial charge in [-0.15, -0.1) is 0 Å². The molecule has 0 radical (unpaired) electrons. The van der Waals surface area contributed by atoms with Crippen molar-refractivity contribution in [3.8, 4) is 0 Å². The largest absolute Gasteiger partial charge is 0.370 e. The van der Waals surface area contributed by atoms with E-state index < -0.39 is 0 Å². The van der Waals surface area contributed by atoms with Crippen molar-refractivity contribution in [2.24, 2.45) is 0 Å². The maximum Gasteiger partial charge on any atom is 0.227 e. The Morgan fingerprint density at radius 2 is 1.81 bits per heavy atom. The molecule has 0 aromatic carbocycles. The number of aromatic amines is 1. The van der Waals surface area contributed by atoms with E-state index >= 15 is 0 Å². The zero-order chi connectivity index (χ0) is 18.1. The lowest BCUT2D eigenvalue weighted by atomic mass is 10.3. The summed E-state index contributed by atoms with van der Waals surface area (Å²) in [5, 5.41) is 3.28. The molecule has 0 aliphatic carbocycles. The van der Waals surface area contributed by atoms with E-state index in [1.807, 2.05) is 19.9 Å². The number of nitrogens with one attached hydrogen (secondary N) is 2. The Labute approximate surface area is 152 Å². The Morgan fingerprint density at radius 3 is 2.58 bits per heavy atom. The second-order valence-corrected chi connectivity index (χ2v) is 6.61. The van der Waals surface area contributed by atoms with Crippen LogP contribution in [0.1, 0.15) is 18.3 Å². The highest BCUT2D eigenvalue weighted by molar-refractivity contribution is 5.86. The molecule has 0 atom stereocenters. The summed E-state index contributed by atoms with van der Waals surface area (Å²) in [6.07, 6.45) is 1.64. The van der Waals surface area contributed by atoms with Crippen LogP contribution >= 0.6 is 0 Å². The van der Waals surface area contributed by atoms with Crippen LogP contribution in [0.5, 0.6) is 0 Å². The fourth-order valence-electron chi connectivity index (χ4n) is 3.38. The molecule has 8 heteroatoms. The van der Waals surface area contributed by atoms with Gasteiger partial charge in [0.05, 0.1) is 5.52 Å². The van der Waals surface area contributed by atoms with E-state index in [2.05, 4.69) is 53.0 Å². The highest BCUT2D eigenvalue weighted by Crippen LogP contribution is 2.24. The van der Waals surface area contributed by atoms with Crippen LogP contribution in [0, 0.1) is 13.8 Å². The minimum Gasteiger partial charge on any atom is -0.370 e. The number of aromatic nitrogens is 5. The number of nitrogens with zero attached hydrogens (tertiary/aromatic N) is 6. The molecular weight excluding hydrogens is 328 g/mol. The van der Waals surface area contributed by atoms with Gasteiger partial charge >= 0.3 is 0 Å². The summed E-state index contributed by atoms with van der Waals surface area (Å²) in [7, 11) is 0. The van der Waals surface area contributed by atoms with Gasteiger partial charge in [0.1, 0.15) is 17.7 Å². The van der Waals surface area contributed by atoms with E-state index in [0.29, 0.717) is 0 Å². The molecule has 3 aromatic rings. The third-order valence-electron chi connectivity index (χ3n) is 4.59. The van der Waals surface area contributed by atoms with Crippen LogP contribution in [0.2, 0.25) is 0 Å². The molecule has 0 unspecified atom stereocenters. The van der Waals surface area contributed by atoms with Crippen molar-refractivity contribution >= 4 is 28.6 Å². The Morgan fingerprint density at radius 1 is 1.04 bits per heavy atom. The average molecular weight is 352 g/mol. The topological polar surface area (TPSA) is 85.9 Å². The summed E-state index contributed by atoms with van der Waals surface area (Å²) in [6.45, 7) is 10.4. The third kappa shape index (κ3) is 3.14. The number of fused-ring (bicyclic) bond motifs is 1. The first kappa shape index (κ1) is 16.6. The molecule has 4 heterocycles. The minimum atomic E-state index is 0.796. The van der Waals surface area contributed by atoms with Gasteiger partial charge in [-0.05, 0) is 26.8 Å². The molecule has 0 bridgehead atoms. The van der Waals surface area contributed by atoms with Crippen molar-refractivity contribution in [1.29, 1.82) is 0 Å². The van der Waals surface area contributed by atoms with Gasteiger partial charge in [-0.1, -0.05) is 0 Å². The molecule has 26 heavy (non-hydrogen) atoms. The molecule has 3 aromatic heterocycles. The Kier molecular flexibility index (Phi) is 4.32. The summed E-state index contributed by atoms with van der Waals surface area (Å²) in [6, 6.07) is 4.04. The van der Waals surface area contributed by atoms with Crippen molar-refractivity contribution in [1.82, 2.24) is 24.9 Å². The first-order valence-corrected chi connectivity index (χ1v) is 9.04. The number of hydrogen-bond donors (Lipinski definition) is 2. The van der Waals surface area contributed by atoms with E-state index in [0.717, 1.165) is 72.7 Å². The molecule has 1 saturated heterocycles. The Hall–Kier alpha value is -2.90. The summed E-state index contributed by atoms with van der Waals surface area (Å²) >= 11 is 0. The molecule has 4 rings (SSSR count). The second-order valence-electron chi connectivity index (χ2n) is 6.61. The quantitative estimate of drug-likeness (QED) is 0.744. The maximum atomic E-state index is 4.65. The minimum absolute atomic E-state index is 0.796. The first-order valence-electron chi connectivity index (χ1n) is 9.04. The van der Waals surface area contributed by atoms with E-state index in [1.165, 1.54) is 0 Å². The van der Waals surface area contributed by atoms with Gasteiger partial charge in [-0.2, -0.15) is 4.98 Å². The van der Waals surface area contributed by atoms with Crippen molar-refractivity contribution in [3.05, 3.63) is 29.8 Å². The lowest BCUT2D eigenvalue weighted by Crippen LogP contribution is -2.47. The molecule has 0 spiro atoms. The number of H-pyrrole nitrogens is 1. The third-order valence-corrected chi connectivity index (χ3v) is 4.59. The zero-order valence-electron chi connectivity index (χ0n) is 15.5. The zero-order valence-corrected chi connectivity index (χ0v) is 15.5. The molecule has 1 aliphatic heterocycles.